The summed E-state index contributed by atoms with van der Waals surface area (Å²) in [7, 11) is 1.59. The monoisotopic (exact) mass is 436 g/mol. The molecule has 0 spiro atoms. The molecule has 1 aliphatic heterocycles. The highest BCUT2D eigenvalue weighted by Gasteiger charge is 2.26. The number of aromatic nitrogens is 1. The second kappa shape index (κ2) is 9.31. The van der Waals surface area contributed by atoms with Gasteiger partial charge in [0.25, 0.3) is 5.91 Å². The van der Waals surface area contributed by atoms with Crippen LogP contribution in [0.3, 0.4) is 0 Å². The quantitative estimate of drug-likeness (QED) is 0.583. The molecule has 1 aromatic heterocycles. The van der Waals surface area contributed by atoms with Gasteiger partial charge in [0, 0.05) is 36.1 Å². The number of thiazole rings is 1. The molecule has 1 fully saturated rings. The smallest absolute Gasteiger partial charge is 0.304 e. The first-order chi connectivity index (χ1) is 15.1. The third kappa shape index (κ3) is 4.46. The number of benzene rings is 2. The van der Waals surface area contributed by atoms with E-state index in [9.17, 15) is 14.7 Å². The third-order valence-corrected chi connectivity index (χ3v) is 6.46. The second-order valence-corrected chi connectivity index (χ2v) is 8.45. The molecule has 1 N–H and O–H groups in total. The zero-order valence-electron chi connectivity index (χ0n) is 17.3. The lowest BCUT2D eigenvalue weighted by molar-refractivity contribution is -0.137. The normalized spacial score (nSPS) is 14.4. The van der Waals surface area contributed by atoms with Crippen LogP contribution in [0.4, 0.5) is 0 Å². The lowest BCUT2D eigenvalue weighted by atomic mass is 9.91. The van der Waals surface area contributed by atoms with Gasteiger partial charge in [-0.25, -0.2) is 4.98 Å². The van der Waals surface area contributed by atoms with Crippen molar-refractivity contribution in [3.8, 4) is 16.9 Å². The minimum Gasteiger partial charge on any atom is -0.496 e. The number of carbonyl (C=O) groups is 2. The van der Waals surface area contributed by atoms with Crippen molar-refractivity contribution in [2.45, 2.75) is 25.2 Å². The maximum Gasteiger partial charge on any atom is 0.304 e. The zero-order valence-corrected chi connectivity index (χ0v) is 18.1. The van der Waals surface area contributed by atoms with Gasteiger partial charge >= 0.3 is 5.97 Å². The van der Waals surface area contributed by atoms with Crippen molar-refractivity contribution >= 4 is 23.2 Å². The molecular weight excluding hydrogens is 412 g/mol. The topological polar surface area (TPSA) is 79.7 Å². The Hall–Kier alpha value is -3.19. The Bertz CT molecular complexity index is 1070. The largest absolute Gasteiger partial charge is 0.496 e. The molecule has 1 aliphatic rings. The van der Waals surface area contributed by atoms with Crippen molar-refractivity contribution in [3.63, 3.8) is 0 Å². The molecule has 160 valence electrons. The van der Waals surface area contributed by atoms with Crippen LogP contribution in [0.15, 0.2) is 54.0 Å². The van der Waals surface area contributed by atoms with Crippen molar-refractivity contribution in [2.75, 3.05) is 20.2 Å². The number of hydrogen-bond acceptors (Lipinski definition) is 5. The van der Waals surface area contributed by atoms with E-state index in [-0.39, 0.29) is 18.2 Å². The lowest BCUT2D eigenvalue weighted by Gasteiger charge is -2.20. The molecule has 1 amide bonds. The fraction of sp³-hybridized carbons (Fsp3) is 0.292. The van der Waals surface area contributed by atoms with Crippen LogP contribution in [0.2, 0.25) is 0 Å². The van der Waals surface area contributed by atoms with E-state index in [2.05, 4.69) is 4.98 Å². The molecule has 1 atom stereocenters. The van der Waals surface area contributed by atoms with Gasteiger partial charge in [0.05, 0.1) is 19.1 Å². The number of likely N-dealkylation sites (tertiary alicyclic amines) is 1. The summed E-state index contributed by atoms with van der Waals surface area (Å²) in [5.41, 5.74) is 3.00. The summed E-state index contributed by atoms with van der Waals surface area (Å²) in [5, 5.41) is 12.1. The van der Waals surface area contributed by atoms with Crippen LogP contribution >= 0.6 is 11.3 Å². The molecule has 0 radical (unpaired) electrons. The predicted molar refractivity (Wildman–Crippen MR) is 120 cm³/mol. The van der Waals surface area contributed by atoms with E-state index < -0.39 is 5.97 Å². The van der Waals surface area contributed by atoms with Gasteiger partial charge in [0.1, 0.15) is 10.8 Å². The number of carbonyl (C=O) groups excluding carboxylic acids is 1. The summed E-state index contributed by atoms with van der Waals surface area (Å²) < 4.78 is 5.62. The number of ether oxygens (including phenoxy) is 1. The molecule has 2 aromatic carbocycles. The highest BCUT2D eigenvalue weighted by Crippen LogP contribution is 2.37. The maximum absolute atomic E-state index is 13.2. The van der Waals surface area contributed by atoms with Crippen LogP contribution in [-0.4, -0.2) is 47.1 Å². The van der Waals surface area contributed by atoms with Crippen LogP contribution in [0.5, 0.6) is 5.75 Å². The number of carboxylic acids is 1. The van der Waals surface area contributed by atoms with Crippen LogP contribution < -0.4 is 4.74 Å². The molecule has 0 bridgehead atoms. The second-order valence-electron chi connectivity index (χ2n) is 7.53. The fourth-order valence-corrected chi connectivity index (χ4v) is 4.87. The maximum atomic E-state index is 13.2. The Labute approximate surface area is 185 Å². The molecule has 4 rings (SSSR count). The van der Waals surface area contributed by atoms with Crippen molar-refractivity contribution in [3.05, 3.63) is 70.2 Å². The predicted octanol–water partition coefficient (Wildman–Crippen LogP) is 4.66. The number of aliphatic carboxylic acids is 1. The number of methoxy groups -OCH3 is 1. The van der Waals surface area contributed by atoms with E-state index in [0.29, 0.717) is 11.3 Å². The summed E-state index contributed by atoms with van der Waals surface area (Å²) in [6, 6.07) is 13.2. The Morgan fingerprint density at radius 3 is 2.65 bits per heavy atom. The highest BCUT2D eigenvalue weighted by molar-refractivity contribution is 7.09. The first-order valence-corrected chi connectivity index (χ1v) is 11.1. The van der Waals surface area contributed by atoms with Crippen molar-refractivity contribution < 1.29 is 19.4 Å². The van der Waals surface area contributed by atoms with E-state index >= 15 is 0 Å². The Morgan fingerprint density at radius 1 is 1.19 bits per heavy atom. The summed E-state index contributed by atoms with van der Waals surface area (Å²) in [6.45, 7) is 1.53. The average Bonchev–Trinajstić information content (AvgIpc) is 3.51. The number of hydrogen-bond donors (Lipinski definition) is 1. The van der Waals surface area contributed by atoms with Gasteiger partial charge in [-0.1, -0.05) is 30.3 Å². The van der Waals surface area contributed by atoms with Crippen LogP contribution in [0.25, 0.3) is 11.1 Å². The van der Waals surface area contributed by atoms with Gasteiger partial charge in [0.15, 0.2) is 0 Å². The summed E-state index contributed by atoms with van der Waals surface area (Å²) in [5.74, 6) is -0.622. The Kier molecular flexibility index (Phi) is 6.32. The number of amides is 1. The van der Waals surface area contributed by atoms with Crippen LogP contribution in [-0.2, 0) is 4.79 Å². The van der Waals surface area contributed by atoms with Gasteiger partial charge in [-0.15, -0.1) is 11.3 Å². The van der Waals surface area contributed by atoms with Crippen molar-refractivity contribution in [1.29, 1.82) is 0 Å². The molecule has 2 heterocycles. The number of carboxylic acid groups (broad SMARTS) is 1. The molecule has 3 aromatic rings. The fourth-order valence-electron chi connectivity index (χ4n) is 4.11. The number of rotatable bonds is 7. The van der Waals surface area contributed by atoms with Gasteiger partial charge in [0.2, 0.25) is 0 Å². The van der Waals surface area contributed by atoms with E-state index in [1.54, 1.807) is 13.3 Å². The third-order valence-electron chi connectivity index (χ3n) is 5.58. The van der Waals surface area contributed by atoms with E-state index in [1.807, 2.05) is 52.7 Å². The molecular formula is C24H24N2O4S. The summed E-state index contributed by atoms with van der Waals surface area (Å²) >= 11 is 1.44. The molecule has 0 aliphatic carbocycles. The minimum atomic E-state index is -0.882. The first kappa shape index (κ1) is 21.1. The lowest BCUT2D eigenvalue weighted by Crippen LogP contribution is -2.28. The SMILES string of the molecule is COc1cccc(C(=O)N2CCCC2)c1-c1cccc(C(CC(=O)O)c2nccs2)c1. The molecule has 6 nitrogen and oxygen atoms in total. The summed E-state index contributed by atoms with van der Waals surface area (Å²) in [6.07, 6.45) is 3.67. The Balaban J connectivity index is 1.80. The van der Waals surface area contributed by atoms with E-state index in [4.69, 9.17) is 4.74 Å². The van der Waals surface area contributed by atoms with Crippen molar-refractivity contribution in [2.24, 2.45) is 0 Å². The first-order valence-electron chi connectivity index (χ1n) is 10.3. The van der Waals surface area contributed by atoms with Gasteiger partial charge in [-0.2, -0.15) is 0 Å². The van der Waals surface area contributed by atoms with Crippen molar-refractivity contribution in [1.82, 2.24) is 9.88 Å². The Morgan fingerprint density at radius 2 is 1.97 bits per heavy atom. The minimum absolute atomic E-state index is 0.00110. The molecule has 7 heteroatoms. The van der Waals surface area contributed by atoms with Crippen LogP contribution in [0.1, 0.15) is 46.1 Å². The number of nitrogens with zero attached hydrogens (tertiary/aromatic N) is 2. The molecule has 1 unspecified atom stereocenters. The highest BCUT2D eigenvalue weighted by atomic mass is 32.1. The molecule has 1 saturated heterocycles. The summed E-state index contributed by atoms with van der Waals surface area (Å²) in [4.78, 5) is 31.0. The molecule has 31 heavy (non-hydrogen) atoms. The zero-order chi connectivity index (χ0) is 21.8. The average molecular weight is 437 g/mol. The molecule has 0 saturated carbocycles. The van der Waals surface area contributed by atoms with Crippen LogP contribution in [0, 0.1) is 0 Å². The van der Waals surface area contributed by atoms with E-state index in [1.165, 1.54) is 11.3 Å². The standard InChI is InChI=1S/C24H24N2O4S/c1-30-20-9-5-8-18(24(29)26-11-2-3-12-26)22(20)17-7-4-6-16(14-17)19(15-21(27)28)23-25-10-13-31-23/h4-10,13-14,19H,2-3,11-12,15H2,1H3,(H,27,28). The van der Waals surface area contributed by atoms with Gasteiger partial charge < -0.3 is 14.7 Å². The van der Waals surface area contributed by atoms with E-state index in [0.717, 1.165) is 47.6 Å². The van der Waals surface area contributed by atoms with Gasteiger partial charge in [-0.05, 0) is 36.1 Å². The van der Waals surface area contributed by atoms with Gasteiger partial charge in [-0.3, -0.25) is 9.59 Å².